The summed E-state index contributed by atoms with van der Waals surface area (Å²) in [6, 6.07) is 0.0621. The molecule has 0 saturated heterocycles. The van der Waals surface area contributed by atoms with E-state index in [1.54, 1.807) is 20.8 Å². The van der Waals surface area contributed by atoms with Gasteiger partial charge in [0, 0.05) is 18.8 Å². The summed E-state index contributed by atoms with van der Waals surface area (Å²) in [4.78, 5) is 11.4. The Bertz CT molecular complexity index is 374. The van der Waals surface area contributed by atoms with E-state index >= 15 is 0 Å². The molecule has 0 aliphatic heterocycles. The molecule has 0 rings (SSSR count). The molecular weight excluding hydrogens is 268 g/mol. The van der Waals surface area contributed by atoms with Gasteiger partial charge in [0.1, 0.15) is 15.4 Å². The lowest BCUT2D eigenvalue weighted by Gasteiger charge is -2.21. The van der Waals surface area contributed by atoms with Crippen molar-refractivity contribution >= 4 is 15.9 Å². The van der Waals surface area contributed by atoms with E-state index in [1.807, 2.05) is 6.92 Å². The molecule has 0 aliphatic carbocycles. The second-order valence-corrected chi connectivity index (χ2v) is 7.98. The van der Waals surface area contributed by atoms with Crippen LogP contribution in [0.2, 0.25) is 0 Å². The Morgan fingerprint density at radius 3 is 2.37 bits per heavy atom. The molecule has 2 N–H and O–H groups in total. The van der Waals surface area contributed by atoms with Crippen LogP contribution in [0.25, 0.3) is 0 Å². The number of carbonyl (C=O) groups excluding carboxylic acids is 1. The third-order valence-electron chi connectivity index (χ3n) is 2.14. The van der Waals surface area contributed by atoms with E-state index in [0.717, 1.165) is 0 Å². The van der Waals surface area contributed by atoms with Crippen molar-refractivity contribution in [2.45, 2.75) is 45.8 Å². The summed E-state index contributed by atoms with van der Waals surface area (Å²) in [5, 5.41) is 5.79. The summed E-state index contributed by atoms with van der Waals surface area (Å²) in [6.07, 6.45) is 1.34. The fraction of sp³-hybridized carbons (Fsp3) is 0.917. The van der Waals surface area contributed by atoms with Gasteiger partial charge in [-0.25, -0.2) is 13.2 Å². The largest absolute Gasteiger partial charge is 0.444 e. The quantitative estimate of drug-likeness (QED) is 0.682. The number of ether oxygens (including phenoxy) is 1. The zero-order valence-corrected chi connectivity index (χ0v) is 13.3. The molecule has 1 atom stereocenters. The van der Waals surface area contributed by atoms with Gasteiger partial charge in [-0.05, 0) is 40.7 Å². The van der Waals surface area contributed by atoms with Gasteiger partial charge >= 0.3 is 6.09 Å². The molecule has 1 amide bonds. The molecule has 0 spiro atoms. The SMILES string of the molecule is CC(CNC(=O)OC(C)(C)C)NCCCS(C)(=O)=O. The molecule has 0 aromatic rings. The highest BCUT2D eigenvalue weighted by Crippen LogP contribution is 2.06. The maximum absolute atomic E-state index is 11.4. The molecule has 0 aromatic heterocycles. The number of alkyl carbamates (subject to hydrolysis) is 1. The van der Waals surface area contributed by atoms with Gasteiger partial charge in [0.05, 0.1) is 5.75 Å². The van der Waals surface area contributed by atoms with Gasteiger partial charge in [-0.2, -0.15) is 0 Å². The van der Waals surface area contributed by atoms with Crippen LogP contribution in [-0.4, -0.2) is 51.3 Å². The van der Waals surface area contributed by atoms with E-state index in [9.17, 15) is 13.2 Å². The Hall–Kier alpha value is -0.820. The lowest BCUT2D eigenvalue weighted by molar-refractivity contribution is 0.0523. The summed E-state index contributed by atoms with van der Waals surface area (Å²) in [6.45, 7) is 8.37. The third-order valence-corrected chi connectivity index (χ3v) is 3.17. The highest BCUT2D eigenvalue weighted by molar-refractivity contribution is 7.90. The average molecular weight is 294 g/mol. The minimum Gasteiger partial charge on any atom is -0.444 e. The first-order valence-corrected chi connectivity index (χ1v) is 8.43. The first-order valence-electron chi connectivity index (χ1n) is 6.37. The smallest absolute Gasteiger partial charge is 0.407 e. The van der Waals surface area contributed by atoms with Crippen molar-refractivity contribution in [3.05, 3.63) is 0 Å². The van der Waals surface area contributed by atoms with Crippen molar-refractivity contribution in [2.24, 2.45) is 0 Å². The molecule has 0 fully saturated rings. The maximum atomic E-state index is 11.4. The van der Waals surface area contributed by atoms with Gasteiger partial charge in [-0.1, -0.05) is 0 Å². The second-order valence-electron chi connectivity index (χ2n) is 5.72. The lowest BCUT2D eigenvalue weighted by atomic mass is 10.2. The molecular formula is C12H26N2O4S. The molecule has 0 saturated carbocycles. The summed E-state index contributed by atoms with van der Waals surface area (Å²) in [5.41, 5.74) is -0.504. The molecule has 0 aliphatic rings. The van der Waals surface area contributed by atoms with Crippen molar-refractivity contribution in [1.82, 2.24) is 10.6 Å². The Balaban J connectivity index is 3.70. The van der Waals surface area contributed by atoms with Gasteiger partial charge in [-0.3, -0.25) is 0 Å². The zero-order valence-electron chi connectivity index (χ0n) is 12.4. The number of nitrogens with one attached hydrogen (secondary N) is 2. The first kappa shape index (κ1) is 18.2. The third kappa shape index (κ3) is 13.4. The average Bonchev–Trinajstić information content (AvgIpc) is 2.17. The van der Waals surface area contributed by atoms with Crippen LogP contribution in [-0.2, 0) is 14.6 Å². The monoisotopic (exact) mass is 294 g/mol. The Morgan fingerprint density at radius 1 is 1.32 bits per heavy atom. The van der Waals surface area contributed by atoms with Gasteiger partial charge in [0.2, 0.25) is 0 Å². The van der Waals surface area contributed by atoms with Crippen LogP contribution in [0.1, 0.15) is 34.1 Å². The molecule has 1 unspecified atom stereocenters. The molecule has 0 aromatic carbocycles. The predicted octanol–water partition coefficient (Wildman–Crippen LogP) is 0.924. The normalized spacial score (nSPS) is 13.9. The highest BCUT2D eigenvalue weighted by Gasteiger charge is 2.16. The second kappa shape index (κ2) is 7.69. The predicted molar refractivity (Wildman–Crippen MR) is 76.0 cm³/mol. The molecule has 0 radical (unpaired) electrons. The topological polar surface area (TPSA) is 84.5 Å². The maximum Gasteiger partial charge on any atom is 0.407 e. The van der Waals surface area contributed by atoms with Gasteiger partial charge in [0.25, 0.3) is 0 Å². The molecule has 0 heterocycles. The van der Waals surface area contributed by atoms with E-state index in [4.69, 9.17) is 4.74 Å². The first-order chi connectivity index (χ1) is 8.49. The van der Waals surface area contributed by atoms with Gasteiger partial charge in [0.15, 0.2) is 0 Å². The fourth-order valence-corrected chi connectivity index (χ4v) is 1.97. The number of sulfone groups is 1. The van der Waals surface area contributed by atoms with Crippen LogP contribution in [0.5, 0.6) is 0 Å². The van der Waals surface area contributed by atoms with Crippen molar-refractivity contribution in [2.75, 3.05) is 25.1 Å². The molecule has 6 nitrogen and oxygen atoms in total. The van der Waals surface area contributed by atoms with E-state index in [-0.39, 0.29) is 11.8 Å². The summed E-state index contributed by atoms with van der Waals surface area (Å²) in [5.74, 6) is 0.173. The Labute approximate surface area is 116 Å². The van der Waals surface area contributed by atoms with E-state index < -0.39 is 21.5 Å². The standard InChI is InChI=1S/C12H26N2O4S/c1-10(13-7-6-8-19(5,16)17)9-14-11(15)18-12(2,3)4/h10,13H,6-9H2,1-5H3,(H,14,15). The highest BCUT2D eigenvalue weighted by atomic mass is 32.2. The Kier molecular flexibility index (Phi) is 7.36. The Morgan fingerprint density at radius 2 is 1.89 bits per heavy atom. The van der Waals surface area contributed by atoms with Crippen LogP contribution in [0.15, 0.2) is 0 Å². The van der Waals surface area contributed by atoms with Crippen molar-refractivity contribution in [1.29, 1.82) is 0 Å². The molecule has 114 valence electrons. The van der Waals surface area contributed by atoms with Gasteiger partial charge < -0.3 is 15.4 Å². The van der Waals surface area contributed by atoms with Crippen molar-refractivity contribution < 1.29 is 17.9 Å². The molecule has 19 heavy (non-hydrogen) atoms. The van der Waals surface area contributed by atoms with Crippen LogP contribution in [0.3, 0.4) is 0 Å². The summed E-state index contributed by atoms with van der Waals surface area (Å²) >= 11 is 0. The zero-order chi connectivity index (χ0) is 15.1. The number of carbonyl (C=O) groups is 1. The molecule has 7 heteroatoms. The van der Waals surface area contributed by atoms with Crippen LogP contribution < -0.4 is 10.6 Å². The number of hydrogen-bond donors (Lipinski definition) is 2. The fourth-order valence-electron chi connectivity index (χ4n) is 1.31. The number of amides is 1. The van der Waals surface area contributed by atoms with Gasteiger partial charge in [-0.15, -0.1) is 0 Å². The number of hydrogen-bond acceptors (Lipinski definition) is 5. The summed E-state index contributed by atoms with van der Waals surface area (Å²) in [7, 11) is -2.90. The number of rotatable bonds is 7. The molecule has 0 bridgehead atoms. The lowest BCUT2D eigenvalue weighted by Crippen LogP contribution is -2.41. The van der Waals surface area contributed by atoms with E-state index in [2.05, 4.69) is 10.6 Å². The van der Waals surface area contributed by atoms with Crippen LogP contribution in [0.4, 0.5) is 4.79 Å². The minimum atomic E-state index is -2.90. The van der Waals surface area contributed by atoms with E-state index in [1.165, 1.54) is 6.26 Å². The van der Waals surface area contributed by atoms with Crippen molar-refractivity contribution in [3.8, 4) is 0 Å². The van der Waals surface area contributed by atoms with Crippen LogP contribution >= 0.6 is 0 Å². The van der Waals surface area contributed by atoms with E-state index in [0.29, 0.717) is 19.5 Å². The van der Waals surface area contributed by atoms with Crippen molar-refractivity contribution in [3.63, 3.8) is 0 Å². The minimum absolute atomic E-state index is 0.0621. The summed E-state index contributed by atoms with van der Waals surface area (Å²) < 4.78 is 26.9. The van der Waals surface area contributed by atoms with Crippen LogP contribution in [0, 0.1) is 0 Å².